The minimum Gasteiger partial charge on any atom is -0.462 e. The lowest BCUT2D eigenvalue weighted by Crippen LogP contribution is -2.22. The van der Waals surface area contributed by atoms with Crippen LogP contribution in [0.15, 0.2) is 48.5 Å². The molecule has 0 amide bonds. The van der Waals surface area contributed by atoms with Crippen LogP contribution in [0.2, 0.25) is 5.02 Å². The Labute approximate surface area is 129 Å². The van der Waals surface area contributed by atoms with E-state index in [1.165, 1.54) is 0 Å². The topological polar surface area (TPSA) is 50.4 Å². The normalized spacial score (nSPS) is 10.2. The second-order valence-corrected chi connectivity index (χ2v) is 4.75. The molecule has 2 N–H and O–H groups in total. The smallest absolute Gasteiger partial charge is 0.339 e. The lowest BCUT2D eigenvalue weighted by atomic mass is 10.1. The standard InChI is InChI=1S/C16H17ClN2O2/c1-2-21-16(20)15-12(7-6-10-14(15)17)11-18-19-13-8-4-3-5-9-13/h3-10,18-19H,2,11H2,1H3. The van der Waals surface area contributed by atoms with Crippen molar-refractivity contribution in [2.24, 2.45) is 0 Å². The number of carbonyl (C=O) groups excluding carboxylic acids is 1. The lowest BCUT2D eigenvalue weighted by molar-refractivity contribution is 0.0525. The van der Waals surface area contributed by atoms with Crippen molar-refractivity contribution in [2.75, 3.05) is 12.0 Å². The number of esters is 1. The Balaban J connectivity index is 2.06. The molecule has 0 heterocycles. The fourth-order valence-electron chi connectivity index (χ4n) is 1.91. The minimum absolute atomic E-state index is 0.319. The number of carbonyl (C=O) groups is 1. The average molecular weight is 305 g/mol. The van der Waals surface area contributed by atoms with Gasteiger partial charge in [-0.1, -0.05) is 41.9 Å². The monoisotopic (exact) mass is 304 g/mol. The third-order valence-electron chi connectivity index (χ3n) is 2.86. The molecule has 21 heavy (non-hydrogen) atoms. The first kappa shape index (κ1) is 15.4. The Morgan fingerprint density at radius 2 is 1.90 bits per heavy atom. The first-order valence-electron chi connectivity index (χ1n) is 6.70. The maximum atomic E-state index is 12.0. The SMILES string of the molecule is CCOC(=O)c1c(Cl)cccc1CNNc1ccccc1. The van der Waals surface area contributed by atoms with Crippen LogP contribution in [0.1, 0.15) is 22.8 Å². The maximum Gasteiger partial charge on any atom is 0.339 e. The van der Waals surface area contributed by atoms with Crippen LogP contribution < -0.4 is 10.9 Å². The summed E-state index contributed by atoms with van der Waals surface area (Å²) in [5, 5.41) is 0.396. The van der Waals surface area contributed by atoms with Gasteiger partial charge in [-0.3, -0.25) is 0 Å². The molecule has 0 saturated heterocycles. The summed E-state index contributed by atoms with van der Waals surface area (Å²) >= 11 is 6.11. The molecule has 0 saturated carbocycles. The van der Waals surface area contributed by atoms with Crippen LogP contribution in [0.4, 0.5) is 5.69 Å². The number of ether oxygens (including phenoxy) is 1. The van der Waals surface area contributed by atoms with E-state index in [2.05, 4.69) is 10.9 Å². The number of hydrogen-bond donors (Lipinski definition) is 2. The highest BCUT2D eigenvalue weighted by molar-refractivity contribution is 6.33. The fraction of sp³-hybridized carbons (Fsp3) is 0.188. The Hall–Kier alpha value is -2.04. The predicted molar refractivity (Wildman–Crippen MR) is 84.3 cm³/mol. The van der Waals surface area contributed by atoms with E-state index in [-0.39, 0.29) is 0 Å². The summed E-state index contributed by atoms with van der Waals surface area (Å²) in [6.07, 6.45) is 0. The molecule has 0 aliphatic carbocycles. The van der Waals surface area contributed by atoms with Crippen LogP contribution in [0.3, 0.4) is 0 Å². The molecule has 110 valence electrons. The molecule has 0 aromatic heterocycles. The number of hydrogen-bond acceptors (Lipinski definition) is 4. The van der Waals surface area contributed by atoms with E-state index >= 15 is 0 Å². The third kappa shape index (κ3) is 4.21. The van der Waals surface area contributed by atoms with E-state index < -0.39 is 5.97 Å². The van der Waals surface area contributed by atoms with Gasteiger partial charge in [-0.15, -0.1) is 0 Å². The summed E-state index contributed by atoms with van der Waals surface area (Å²) in [6, 6.07) is 15.0. The van der Waals surface area contributed by atoms with E-state index in [0.29, 0.717) is 23.7 Å². The fourth-order valence-corrected chi connectivity index (χ4v) is 2.18. The third-order valence-corrected chi connectivity index (χ3v) is 3.18. The van der Waals surface area contributed by atoms with Gasteiger partial charge in [0.25, 0.3) is 0 Å². The number of anilines is 1. The van der Waals surface area contributed by atoms with E-state index in [1.54, 1.807) is 13.0 Å². The van der Waals surface area contributed by atoms with E-state index in [4.69, 9.17) is 16.3 Å². The van der Waals surface area contributed by atoms with Gasteiger partial charge in [0.1, 0.15) is 0 Å². The highest BCUT2D eigenvalue weighted by Gasteiger charge is 2.16. The van der Waals surface area contributed by atoms with Crippen LogP contribution in [0, 0.1) is 0 Å². The van der Waals surface area contributed by atoms with Crippen molar-refractivity contribution in [2.45, 2.75) is 13.5 Å². The number of para-hydroxylation sites is 1. The van der Waals surface area contributed by atoms with Crippen molar-refractivity contribution in [3.8, 4) is 0 Å². The Morgan fingerprint density at radius 1 is 1.14 bits per heavy atom. The van der Waals surface area contributed by atoms with Crippen molar-refractivity contribution < 1.29 is 9.53 Å². The molecule has 4 nitrogen and oxygen atoms in total. The first-order valence-corrected chi connectivity index (χ1v) is 7.08. The Kier molecular flexibility index (Phi) is 5.60. The molecule has 0 spiro atoms. The van der Waals surface area contributed by atoms with Gasteiger partial charge in [-0.25, -0.2) is 10.2 Å². The van der Waals surface area contributed by atoms with Gasteiger partial charge >= 0.3 is 5.97 Å². The van der Waals surface area contributed by atoms with Gasteiger partial charge in [-0.05, 0) is 30.7 Å². The number of nitrogens with one attached hydrogen (secondary N) is 2. The van der Waals surface area contributed by atoms with Gasteiger partial charge in [0.15, 0.2) is 0 Å². The van der Waals surface area contributed by atoms with Crippen LogP contribution in [-0.2, 0) is 11.3 Å². The van der Waals surface area contributed by atoms with Crippen LogP contribution in [-0.4, -0.2) is 12.6 Å². The Bertz CT molecular complexity index is 602. The lowest BCUT2D eigenvalue weighted by Gasteiger charge is -2.12. The molecule has 0 unspecified atom stereocenters. The van der Waals surface area contributed by atoms with Crippen molar-refractivity contribution in [1.82, 2.24) is 5.43 Å². The molecule has 2 aromatic carbocycles. The quantitative estimate of drug-likeness (QED) is 0.632. The molecular weight excluding hydrogens is 288 g/mol. The van der Waals surface area contributed by atoms with Crippen molar-refractivity contribution >= 4 is 23.3 Å². The highest BCUT2D eigenvalue weighted by atomic mass is 35.5. The molecule has 0 aliphatic rings. The summed E-state index contributed by atoms with van der Waals surface area (Å²) in [5.41, 5.74) is 8.26. The second-order valence-electron chi connectivity index (χ2n) is 4.34. The van der Waals surface area contributed by atoms with E-state index in [9.17, 15) is 4.79 Å². The maximum absolute atomic E-state index is 12.0. The average Bonchev–Trinajstić information content (AvgIpc) is 2.48. The minimum atomic E-state index is -0.403. The molecular formula is C16H17ClN2O2. The summed E-state index contributed by atoms with van der Waals surface area (Å²) < 4.78 is 5.04. The number of hydrazine groups is 1. The summed E-state index contributed by atoms with van der Waals surface area (Å²) in [4.78, 5) is 12.0. The molecule has 2 aromatic rings. The summed E-state index contributed by atoms with van der Waals surface area (Å²) in [7, 11) is 0. The van der Waals surface area contributed by atoms with Crippen LogP contribution in [0.25, 0.3) is 0 Å². The molecule has 0 fully saturated rings. The first-order chi connectivity index (χ1) is 10.2. The van der Waals surface area contributed by atoms with Crippen molar-refractivity contribution in [3.05, 3.63) is 64.7 Å². The highest BCUT2D eigenvalue weighted by Crippen LogP contribution is 2.21. The summed E-state index contributed by atoms with van der Waals surface area (Å²) in [5.74, 6) is -0.403. The number of benzene rings is 2. The van der Waals surface area contributed by atoms with E-state index in [0.717, 1.165) is 11.3 Å². The molecule has 5 heteroatoms. The van der Waals surface area contributed by atoms with Crippen molar-refractivity contribution in [1.29, 1.82) is 0 Å². The zero-order valence-corrected chi connectivity index (χ0v) is 12.5. The van der Waals surface area contributed by atoms with Crippen molar-refractivity contribution in [3.63, 3.8) is 0 Å². The molecule has 0 aliphatic heterocycles. The van der Waals surface area contributed by atoms with Crippen LogP contribution in [0.5, 0.6) is 0 Å². The number of halogens is 1. The molecule has 0 radical (unpaired) electrons. The predicted octanol–water partition coefficient (Wildman–Crippen LogP) is 3.63. The van der Waals surface area contributed by atoms with Gasteiger partial charge < -0.3 is 10.2 Å². The molecule has 0 atom stereocenters. The summed E-state index contributed by atoms with van der Waals surface area (Å²) in [6.45, 7) is 2.53. The van der Waals surface area contributed by atoms with Gasteiger partial charge in [0.05, 0.1) is 17.2 Å². The number of rotatable bonds is 6. The van der Waals surface area contributed by atoms with Gasteiger partial charge in [-0.2, -0.15) is 0 Å². The Morgan fingerprint density at radius 3 is 2.62 bits per heavy atom. The zero-order chi connectivity index (χ0) is 15.1. The largest absolute Gasteiger partial charge is 0.462 e. The molecule has 0 bridgehead atoms. The zero-order valence-electron chi connectivity index (χ0n) is 11.7. The second kappa shape index (κ2) is 7.67. The van der Waals surface area contributed by atoms with Crippen LogP contribution >= 0.6 is 11.6 Å². The van der Waals surface area contributed by atoms with E-state index in [1.807, 2.05) is 42.5 Å². The van der Waals surface area contributed by atoms with Gasteiger partial charge in [0.2, 0.25) is 0 Å². The van der Waals surface area contributed by atoms with Gasteiger partial charge in [0, 0.05) is 12.2 Å². The molecule has 2 rings (SSSR count).